The standard InChI is InChI=1S/C12H8N2O2S/c15-9-4-2-1-3-8(9)11(16)10-7-14-6-5-13-12(14)17-10/h1-7,15H. The lowest BCUT2D eigenvalue weighted by Crippen LogP contribution is -1.98. The average molecular weight is 244 g/mol. The summed E-state index contributed by atoms with van der Waals surface area (Å²) in [5.74, 6) is -0.179. The third-order valence-corrected chi connectivity index (χ3v) is 3.47. The third kappa shape index (κ3) is 1.60. The minimum atomic E-state index is -0.182. The van der Waals surface area contributed by atoms with Crippen molar-refractivity contribution >= 4 is 22.1 Å². The summed E-state index contributed by atoms with van der Waals surface area (Å²) in [5.41, 5.74) is 0.317. The summed E-state index contributed by atoms with van der Waals surface area (Å²) < 4.78 is 1.79. The van der Waals surface area contributed by atoms with Crippen LogP contribution in [-0.4, -0.2) is 20.3 Å². The molecule has 17 heavy (non-hydrogen) atoms. The van der Waals surface area contributed by atoms with Crippen LogP contribution in [0.4, 0.5) is 0 Å². The van der Waals surface area contributed by atoms with Crippen LogP contribution in [0.15, 0.2) is 42.9 Å². The van der Waals surface area contributed by atoms with E-state index < -0.39 is 0 Å². The highest BCUT2D eigenvalue weighted by Crippen LogP contribution is 2.24. The number of aromatic nitrogens is 2. The highest BCUT2D eigenvalue weighted by molar-refractivity contribution is 7.19. The number of benzene rings is 1. The first-order valence-electron chi connectivity index (χ1n) is 5.01. The largest absolute Gasteiger partial charge is 0.507 e. The number of fused-ring (bicyclic) bond motifs is 1. The van der Waals surface area contributed by atoms with Crippen molar-refractivity contribution in [2.75, 3.05) is 0 Å². The molecular weight excluding hydrogens is 236 g/mol. The molecular formula is C12H8N2O2S. The molecule has 1 aromatic carbocycles. The number of ketones is 1. The van der Waals surface area contributed by atoms with Crippen LogP contribution >= 0.6 is 11.3 Å². The molecule has 0 bridgehead atoms. The second kappa shape index (κ2) is 3.71. The Morgan fingerprint density at radius 1 is 1.35 bits per heavy atom. The van der Waals surface area contributed by atoms with Crippen LogP contribution in [0.5, 0.6) is 5.75 Å². The maximum Gasteiger partial charge on any atom is 0.208 e. The monoisotopic (exact) mass is 244 g/mol. The van der Waals surface area contributed by atoms with Gasteiger partial charge in [-0.3, -0.25) is 9.20 Å². The molecule has 3 aromatic rings. The Morgan fingerprint density at radius 2 is 2.18 bits per heavy atom. The van der Waals surface area contributed by atoms with Crippen molar-refractivity contribution in [3.63, 3.8) is 0 Å². The molecule has 5 heteroatoms. The summed E-state index contributed by atoms with van der Waals surface area (Å²) in [7, 11) is 0. The second-order valence-corrected chi connectivity index (χ2v) is 4.57. The summed E-state index contributed by atoms with van der Waals surface area (Å²) in [5, 5.41) is 9.63. The fourth-order valence-corrected chi connectivity index (χ4v) is 2.53. The topological polar surface area (TPSA) is 54.6 Å². The number of carbonyl (C=O) groups excluding carboxylic acids is 1. The molecule has 0 aliphatic carbocycles. The predicted octanol–water partition coefficient (Wildman–Crippen LogP) is 2.33. The van der Waals surface area contributed by atoms with E-state index in [0.29, 0.717) is 10.4 Å². The van der Waals surface area contributed by atoms with Crippen LogP contribution < -0.4 is 0 Å². The smallest absolute Gasteiger partial charge is 0.208 e. The summed E-state index contributed by atoms with van der Waals surface area (Å²) in [6.45, 7) is 0. The lowest BCUT2D eigenvalue weighted by atomic mass is 10.1. The molecule has 0 aliphatic heterocycles. The van der Waals surface area contributed by atoms with Crippen LogP contribution in [0.3, 0.4) is 0 Å². The minimum Gasteiger partial charge on any atom is -0.507 e. The first-order chi connectivity index (χ1) is 8.25. The minimum absolute atomic E-state index is 0.00328. The second-order valence-electron chi connectivity index (χ2n) is 3.56. The first kappa shape index (κ1) is 10.0. The van der Waals surface area contributed by atoms with Gasteiger partial charge in [0.15, 0.2) is 4.96 Å². The highest BCUT2D eigenvalue weighted by Gasteiger charge is 2.16. The van der Waals surface area contributed by atoms with E-state index >= 15 is 0 Å². The highest BCUT2D eigenvalue weighted by atomic mass is 32.1. The lowest BCUT2D eigenvalue weighted by molar-refractivity contribution is 0.103. The Bertz CT molecular complexity index is 671. The molecule has 0 saturated heterocycles. The zero-order chi connectivity index (χ0) is 11.8. The van der Waals surface area contributed by atoms with Crippen LogP contribution in [0.25, 0.3) is 4.96 Å². The molecule has 84 valence electrons. The van der Waals surface area contributed by atoms with Crippen molar-refractivity contribution < 1.29 is 9.90 Å². The van der Waals surface area contributed by atoms with Crippen LogP contribution in [-0.2, 0) is 0 Å². The number of carbonyl (C=O) groups is 1. The molecule has 0 amide bonds. The van der Waals surface area contributed by atoms with Gasteiger partial charge in [-0.25, -0.2) is 4.98 Å². The number of rotatable bonds is 2. The van der Waals surface area contributed by atoms with Gasteiger partial charge in [0.1, 0.15) is 5.75 Å². The van der Waals surface area contributed by atoms with Gasteiger partial charge in [-0.15, -0.1) is 0 Å². The van der Waals surface area contributed by atoms with Gasteiger partial charge in [0.2, 0.25) is 5.78 Å². The van der Waals surface area contributed by atoms with Gasteiger partial charge in [-0.2, -0.15) is 0 Å². The third-order valence-electron chi connectivity index (χ3n) is 2.46. The van der Waals surface area contributed by atoms with E-state index in [9.17, 15) is 9.90 Å². The number of thiazole rings is 1. The van der Waals surface area contributed by atoms with Crippen molar-refractivity contribution in [2.45, 2.75) is 0 Å². The number of imidazole rings is 1. The summed E-state index contributed by atoms with van der Waals surface area (Å²) in [6.07, 6.45) is 5.19. The van der Waals surface area contributed by atoms with Crippen LogP contribution in [0.1, 0.15) is 15.2 Å². The zero-order valence-corrected chi connectivity index (χ0v) is 9.52. The Hall–Kier alpha value is -2.14. The lowest BCUT2D eigenvalue weighted by Gasteiger charge is -1.99. The van der Waals surface area contributed by atoms with Gasteiger partial charge in [0.25, 0.3) is 0 Å². The quantitative estimate of drug-likeness (QED) is 0.704. The van der Waals surface area contributed by atoms with Crippen molar-refractivity contribution in [2.24, 2.45) is 0 Å². The molecule has 2 heterocycles. The van der Waals surface area contributed by atoms with Crippen molar-refractivity contribution in [3.05, 3.63) is 53.3 Å². The number of phenolic OH excluding ortho intramolecular Hbond substituents is 1. The normalized spacial score (nSPS) is 10.8. The number of phenols is 1. The van der Waals surface area contributed by atoms with E-state index in [-0.39, 0.29) is 11.5 Å². The van der Waals surface area contributed by atoms with Gasteiger partial charge in [-0.05, 0) is 12.1 Å². The first-order valence-corrected chi connectivity index (χ1v) is 5.82. The van der Waals surface area contributed by atoms with E-state index in [1.807, 2.05) is 0 Å². The van der Waals surface area contributed by atoms with Gasteiger partial charge < -0.3 is 5.11 Å². The molecule has 0 spiro atoms. The maximum atomic E-state index is 12.1. The van der Waals surface area contributed by atoms with Gasteiger partial charge in [-0.1, -0.05) is 23.5 Å². The molecule has 0 radical (unpaired) electrons. The molecule has 1 N–H and O–H groups in total. The molecule has 4 nitrogen and oxygen atoms in total. The molecule has 0 atom stereocenters. The summed E-state index contributed by atoms with van der Waals surface area (Å²) >= 11 is 1.31. The van der Waals surface area contributed by atoms with Crippen LogP contribution in [0.2, 0.25) is 0 Å². The SMILES string of the molecule is O=C(c1cn2ccnc2s1)c1ccccc1O. The van der Waals surface area contributed by atoms with E-state index in [1.54, 1.807) is 41.2 Å². The molecule has 3 rings (SSSR count). The van der Waals surface area contributed by atoms with Gasteiger partial charge in [0, 0.05) is 18.6 Å². The van der Waals surface area contributed by atoms with E-state index in [0.717, 1.165) is 4.96 Å². The number of para-hydroxylation sites is 1. The van der Waals surface area contributed by atoms with Crippen LogP contribution in [0, 0.1) is 0 Å². The van der Waals surface area contributed by atoms with Crippen molar-refractivity contribution in [1.29, 1.82) is 0 Å². The molecule has 0 unspecified atom stereocenters. The van der Waals surface area contributed by atoms with Gasteiger partial charge in [0.05, 0.1) is 10.4 Å². The molecule has 0 saturated carbocycles. The Labute approximate surface area is 101 Å². The van der Waals surface area contributed by atoms with E-state index in [4.69, 9.17) is 0 Å². The predicted molar refractivity (Wildman–Crippen MR) is 64.6 cm³/mol. The van der Waals surface area contributed by atoms with Gasteiger partial charge >= 0.3 is 0 Å². The number of hydrogen-bond acceptors (Lipinski definition) is 4. The Kier molecular flexibility index (Phi) is 2.19. The fraction of sp³-hybridized carbons (Fsp3) is 0. The molecule has 0 fully saturated rings. The number of aromatic hydroxyl groups is 1. The summed E-state index contributed by atoms with van der Waals surface area (Å²) in [4.78, 5) is 17.6. The Morgan fingerprint density at radius 3 is 2.94 bits per heavy atom. The average Bonchev–Trinajstić information content (AvgIpc) is 2.88. The number of nitrogens with zero attached hydrogens (tertiary/aromatic N) is 2. The fourth-order valence-electron chi connectivity index (χ4n) is 1.63. The van der Waals surface area contributed by atoms with Crippen molar-refractivity contribution in [3.8, 4) is 5.75 Å². The molecule has 0 aliphatic rings. The zero-order valence-electron chi connectivity index (χ0n) is 8.70. The number of hydrogen-bond donors (Lipinski definition) is 1. The Balaban J connectivity index is 2.08. The molecule has 2 aromatic heterocycles. The van der Waals surface area contributed by atoms with E-state index in [1.165, 1.54) is 17.4 Å². The summed E-state index contributed by atoms with van der Waals surface area (Å²) in [6, 6.07) is 6.53. The van der Waals surface area contributed by atoms with Crippen molar-refractivity contribution in [1.82, 2.24) is 9.38 Å². The maximum absolute atomic E-state index is 12.1. The van der Waals surface area contributed by atoms with E-state index in [2.05, 4.69) is 4.98 Å².